The van der Waals surface area contributed by atoms with Gasteiger partial charge >= 0.3 is 12.0 Å². The van der Waals surface area contributed by atoms with Crippen molar-refractivity contribution < 1.29 is 14.7 Å². The van der Waals surface area contributed by atoms with Gasteiger partial charge < -0.3 is 15.7 Å². The summed E-state index contributed by atoms with van der Waals surface area (Å²) in [5.41, 5.74) is 0. The van der Waals surface area contributed by atoms with Crippen LogP contribution in [0.15, 0.2) is 12.7 Å². The number of urea groups is 1. The molecule has 5 heteroatoms. The van der Waals surface area contributed by atoms with Crippen LogP contribution in [0, 0.1) is 11.8 Å². The summed E-state index contributed by atoms with van der Waals surface area (Å²) < 4.78 is 0. The molecule has 0 saturated heterocycles. The van der Waals surface area contributed by atoms with Gasteiger partial charge in [-0.25, -0.2) is 9.59 Å². The number of carboxylic acids is 1. The van der Waals surface area contributed by atoms with Crippen molar-refractivity contribution in [2.45, 2.75) is 25.8 Å². The minimum atomic E-state index is -1.08. The topological polar surface area (TPSA) is 78.4 Å². The first kappa shape index (κ1) is 14.0. The number of aliphatic carboxylic acids is 1. The maximum absolute atomic E-state index is 11.2. The SMILES string of the molecule is C=CCC(NC(=O)NCCC#CC)C(=O)O. The van der Waals surface area contributed by atoms with E-state index in [9.17, 15) is 9.59 Å². The Hall–Kier alpha value is -1.96. The Morgan fingerprint density at radius 2 is 2.25 bits per heavy atom. The lowest BCUT2D eigenvalue weighted by Gasteiger charge is -2.12. The second kappa shape index (κ2) is 8.36. The van der Waals surface area contributed by atoms with Gasteiger partial charge in [-0.15, -0.1) is 18.4 Å². The van der Waals surface area contributed by atoms with Crippen LogP contribution in [0.2, 0.25) is 0 Å². The van der Waals surface area contributed by atoms with Crippen molar-refractivity contribution in [3.63, 3.8) is 0 Å². The van der Waals surface area contributed by atoms with Crippen LogP contribution in [0.3, 0.4) is 0 Å². The molecule has 2 amide bonds. The molecule has 16 heavy (non-hydrogen) atoms. The normalized spacial score (nSPS) is 10.6. The smallest absolute Gasteiger partial charge is 0.326 e. The summed E-state index contributed by atoms with van der Waals surface area (Å²) in [4.78, 5) is 21.9. The number of amides is 2. The van der Waals surface area contributed by atoms with E-state index in [1.165, 1.54) is 6.08 Å². The van der Waals surface area contributed by atoms with E-state index in [-0.39, 0.29) is 6.42 Å². The second-order valence-corrected chi connectivity index (χ2v) is 2.99. The van der Waals surface area contributed by atoms with E-state index >= 15 is 0 Å². The van der Waals surface area contributed by atoms with Gasteiger partial charge in [-0.2, -0.15) is 0 Å². The zero-order valence-electron chi connectivity index (χ0n) is 9.25. The van der Waals surface area contributed by atoms with Gasteiger partial charge in [0.15, 0.2) is 0 Å². The van der Waals surface area contributed by atoms with Crippen LogP contribution in [0.5, 0.6) is 0 Å². The molecule has 0 aliphatic rings. The predicted molar refractivity (Wildman–Crippen MR) is 60.8 cm³/mol. The molecule has 0 aliphatic carbocycles. The van der Waals surface area contributed by atoms with Gasteiger partial charge in [-0.1, -0.05) is 6.08 Å². The zero-order valence-corrected chi connectivity index (χ0v) is 9.25. The molecule has 1 atom stereocenters. The molecule has 0 aromatic rings. The van der Waals surface area contributed by atoms with E-state index in [4.69, 9.17) is 5.11 Å². The Bertz CT molecular complexity index is 315. The highest BCUT2D eigenvalue weighted by molar-refractivity contribution is 5.82. The van der Waals surface area contributed by atoms with Crippen molar-refractivity contribution in [2.75, 3.05) is 6.54 Å². The molecule has 0 aromatic heterocycles. The molecule has 0 aliphatic heterocycles. The van der Waals surface area contributed by atoms with Gasteiger partial charge in [0.2, 0.25) is 0 Å². The van der Waals surface area contributed by atoms with Gasteiger partial charge in [0.1, 0.15) is 6.04 Å². The van der Waals surface area contributed by atoms with Crippen molar-refractivity contribution >= 4 is 12.0 Å². The van der Waals surface area contributed by atoms with Gasteiger partial charge in [0.25, 0.3) is 0 Å². The molecule has 0 rings (SSSR count). The molecule has 3 N–H and O–H groups in total. The number of hydrogen-bond acceptors (Lipinski definition) is 2. The number of nitrogens with one attached hydrogen (secondary N) is 2. The molecule has 0 radical (unpaired) electrons. The fourth-order valence-electron chi connectivity index (χ4n) is 0.961. The number of carboxylic acid groups (broad SMARTS) is 1. The fourth-order valence-corrected chi connectivity index (χ4v) is 0.961. The third-order valence-corrected chi connectivity index (χ3v) is 1.72. The predicted octanol–water partition coefficient (Wildman–Crippen LogP) is 0.728. The van der Waals surface area contributed by atoms with Crippen LogP contribution in [-0.4, -0.2) is 29.7 Å². The lowest BCUT2D eigenvalue weighted by molar-refractivity contribution is -0.139. The summed E-state index contributed by atoms with van der Waals surface area (Å²) in [6.07, 6.45) is 2.18. The minimum Gasteiger partial charge on any atom is -0.480 e. The molecule has 0 heterocycles. The summed E-state index contributed by atoms with van der Waals surface area (Å²) in [5.74, 6) is 4.39. The maximum Gasteiger partial charge on any atom is 0.326 e. The van der Waals surface area contributed by atoms with E-state index in [2.05, 4.69) is 29.1 Å². The van der Waals surface area contributed by atoms with Crippen molar-refractivity contribution in [2.24, 2.45) is 0 Å². The molecule has 0 bridgehead atoms. The Labute approximate surface area is 94.9 Å². The highest BCUT2D eigenvalue weighted by Crippen LogP contribution is 1.92. The molecule has 0 fully saturated rings. The molecule has 88 valence electrons. The van der Waals surface area contributed by atoms with E-state index in [0.717, 1.165) is 0 Å². The van der Waals surface area contributed by atoms with E-state index in [1.807, 2.05) is 0 Å². The van der Waals surface area contributed by atoms with Gasteiger partial charge in [-0.05, 0) is 13.3 Å². The number of rotatable bonds is 6. The van der Waals surface area contributed by atoms with Gasteiger partial charge in [-0.3, -0.25) is 0 Å². The summed E-state index contributed by atoms with van der Waals surface area (Å²) in [7, 11) is 0. The summed E-state index contributed by atoms with van der Waals surface area (Å²) in [5, 5.41) is 13.6. The lowest BCUT2D eigenvalue weighted by Crippen LogP contribution is -2.45. The molecule has 0 aromatic carbocycles. The average molecular weight is 224 g/mol. The van der Waals surface area contributed by atoms with E-state index < -0.39 is 18.0 Å². The summed E-state index contributed by atoms with van der Waals surface area (Å²) >= 11 is 0. The Morgan fingerprint density at radius 3 is 2.75 bits per heavy atom. The largest absolute Gasteiger partial charge is 0.480 e. The monoisotopic (exact) mass is 224 g/mol. The first-order valence-electron chi connectivity index (χ1n) is 4.89. The second-order valence-electron chi connectivity index (χ2n) is 2.99. The average Bonchev–Trinajstić information content (AvgIpc) is 2.23. The number of carbonyl (C=O) groups is 2. The number of hydrogen-bond donors (Lipinski definition) is 3. The van der Waals surface area contributed by atoms with Gasteiger partial charge in [0.05, 0.1) is 0 Å². The van der Waals surface area contributed by atoms with E-state index in [0.29, 0.717) is 13.0 Å². The summed E-state index contributed by atoms with van der Waals surface area (Å²) in [6.45, 7) is 5.53. The van der Waals surface area contributed by atoms with Crippen molar-refractivity contribution in [3.8, 4) is 11.8 Å². The number of carbonyl (C=O) groups excluding carboxylic acids is 1. The van der Waals surface area contributed by atoms with Crippen LogP contribution in [0.4, 0.5) is 4.79 Å². The first-order chi connectivity index (χ1) is 7.61. The van der Waals surface area contributed by atoms with Crippen LogP contribution in [-0.2, 0) is 4.79 Å². The van der Waals surface area contributed by atoms with Crippen LogP contribution in [0.25, 0.3) is 0 Å². The van der Waals surface area contributed by atoms with Crippen molar-refractivity contribution in [1.29, 1.82) is 0 Å². The summed E-state index contributed by atoms with van der Waals surface area (Å²) in [6, 6.07) is -1.44. The Morgan fingerprint density at radius 1 is 1.56 bits per heavy atom. The van der Waals surface area contributed by atoms with Crippen LogP contribution >= 0.6 is 0 Å². The first-order valence-corrected chi connectivity index (χ1v) is 4.89. The van der Waals surface area contributed by atoms with E-state index in [1.54, 1.807) is 6.92 Å². The van der Waals surface area contributed by atoms with Crippen LogP contribution in [0.1, 0.15) is 19.8 Å². The third kappa shape index (κ3) is 6.49. The lowest BCUT2D eigenvalue weighted by atomic mass is 10.2. The minimum absolute atomic E-state index is 0.192. The molecule has 1 unspecified atom stereocenters. The maximum atomic E-state index is 11.2. The highest BCUT2D eigenvalue weighted by Gasteiger charge is 2.17. The standard InChI is InChI=1S/C11H16N2O3/c1-3-5-6-8-12-11(16)13-9(7-4-2)10(14)15/h4,9H,2,6-8H2,1H3,(H,14,15)(H2,12,13,16). The molecule has 0 spiro atoms. The van der Waals surface area contributed by atoms with Crippen LogP contribution < -0.4 is 10.6 Å². The fraction of sp³-hybridized carbons (Fsp3) is 0.455. The van der Waals surface area contributed by atoms with Crippen molar-refractivity contribution in [1.82, 2.24) is 10.6 Å². The quantitative estimate of drug-likeness (QED) is 0.353. The Kier molecular flexibility index (Phi) is 7.33. The highest BCUT2D eigenvalue weighted by atomic mass is 16.4. The molecular weight excluding hydrogens is 208 g/mol. The van der Waals surface area contributed by atoms with Gasteiger partial charge in [0, 0.05) is 13.0 Å². The van der Waals surface area contributed by atoms with Crippen molar-refractivity contribution in [3.05, 3.63) is 12.7 Å². The Balaban J connectivity index is 3.93. The zero-order chi connectivity index (χ0) is 12.4. The molecular formula is C11H16N2O3. The molecule has 5 nitrogen and oxygen atoms in total. The molecule has 0 saturated carbocycles. The third-order valence-electron chi connectivity index (χ3n) is 1.72.